The molecule has 2 aromatic carbocycles. The van der Waals surface area contributed by atoms with Crippen LogP contribution >= 0.6 is 11.3 Å². The van der Waals surface area contributed by atoms with Crippen LogP contribution in [-0.2, 0) is 17.6 Å². The molecule has 2 aromatic heterocycles. The predicted octanol–water partition coefficient (Wildman–Crippen LogP) is 4.57. The molecule has 0 atom stereocenters. The molecule has 0 radical (unpaired) electrons. The van der Waals surface area contributed by atoms with Crippen molar-refractivity contribution in [3.8, 4) is 5.13 Å². The summed E-state index contributed by atoms with van der Waals surface area (Å²) in [5, 5.41) is 7.37. The summed E-state index contributed by atoms with van der Waals surface area (Å²) >= 11 is 1.48. The molecule has 1 saturated heterocycles. The molecule has 0 saturated carbocycles. The molecule has 3 heterocycles. The lowest BCUT2D eigenvalue weighted by Crippen LogP contribution is -2.49. The molecule has 1 aliphatic rings. The van der Waals surface area contributed by atoms with Crippen LogP contribution in [0.5, 0.6) is 0 Å². The first-order valence-corrected chi connectivity index (χ1v) is 12.7. The van der Waals surface area contributed by atoms with Crippen LogP contribution < -0.4 is 4.90 Å². The summed E-state index contributed by atoms with van der Waals surface area (Å²) in [6.07, 6.45) is 0.901. The number of aromatic nitrogens is 3. The Morgan fingerprint density at radius 3 is 2.54 bits per heavy atom. The number of hydrogen-bond donors (Lipinski definition) is 0. The summed E-state index contributed by atoms with van der Waals surface area (Å²) in [6, 6.07) is 17.0. The third kappa shape index (κ3) is 5.12. The topological polar surface area (TPSA) is 54.3 Å². The summed E-state index contributed by atoms with van der Waals surface area (Å²) < 4.78 is 15.5. The van der Waals surface area contributed by atoms with E-state index in [0.29, 0.717) is 19.5 Å². The number of hydrogen-bond acceptors (Lipinski definition) is 5. The van der Waals surface area contributed by atoms with Gasteiger partial charge in [0, 0.05) is 54.9 Å². The van der Waals surface area contributed by atoms with Gasteiger partial charge in [-0.2, -0.15) is 5.10 Å². The van der Waals surface area contributed by atoms with Crippen LogP contribution in [0.15, 0.2) is 60.0 Å². The third-order valence-corrected chi connectivity index (χ3v) is 7.38. The highest BCUT2D eigenvalue weighted by molar-refractivity contribution is 7.12. The Kier molecular flexibility index (Phi) is 6.63. The van der Waals surface area contributed by atoms with Gasteiger partial charge in [-0.05, 0) is 43.7 Å². The second kappa shape index (κ2) is 10.00. The fourth-order valence-corrected chi connectivity index (χ4v) is 5.39. The van der Waals surface area contributed by atoms with Crippen LogP contribution in [0.3, 0.4) is 0 Å². The number of anilines is 1. The minimum Gasteiger partial charge on any atom is -0.368 e. The molecule has 35 heavy (non-hydrogen) atoms. The average Bonchev–Trinajstić information content (AvgIpc) is 3.44. The number of aryl methyl sites for hydroxylation is 1. The summed E-state index contributed by atoms with van der Waals surface area (Å²) in [5.74, 6) is -0.129. The summed E-state index contributed by atoms with van der Waals surface area (Å²) in [4.78, 5) is 21.9. The number of benzene rings is 2. The highest BCUT2D eigenvalue weighted by Crippen LogP contribution is 2.24. The van der Waals surface area contributed by atoms with E-state index in [0.717, 1.165) is 46.4 Å². The maximum Gasteiger partial charge on any atom is 0.228 e. The number of nitrogens with zero attached hydrogens (tertiary/aromatic N) is 5. The van der Waals surface area contributed by atoms with E-state index in [1.807, 2.05) is 53.1 Å². The van der Waals surface area contributed by atoms with Crippen LogP contribution in [0.2, 0.25) is 0 Å². The van der Waals surface area contributed by atoms with Crippen molar-refractivity contribution in [2.75, 3.05) is 31.1 Å². The lowest BCUT2D eigenvalue weighted by molar-refractivity contribution is -0.130. The van der Waals surface area contributed by atoms with E-state index in [1.54, 1.807) is 12.1 Å². The molecule has 8 heteroatoms. The summed E-state index contributed by atoms with van der Waals surface area (Å²) in [7, 11) is 0. The fourth-order valence-electron chi connectivity index (χ4n) is 4.56. The molecule has 0 aliphatic carbocycles. The van der Waals surface area contributed by atoms with Gasteiger partial charge in [0.15, 0.2) is 0 Å². The lowest BCUT2D eigenvalue weighted by atomic mass is 10.0. The summed E-state index contributed by atoms with van der Waals surface area (Å²) in [5.41, 5.74) is 5.82. The van der Waals surface area contributed by atoms with Gasteiger partial charge < -0.3 is 9.80 Å². The number of carbonyl (C=O) groups excluding carboxylic acids is 1. The number of amides is 1. The molecule has 1 aliphatic heterocycles. The van der Waals surface area contributed by atoms with Crippen LogP contribution in [0.1, 0.15) is 28.2 Å². The zero-order valence-corrected chi connectivity index (χ0v) is 20.8. The Bertz CT molecular complexity index is 1320. The number of halogens is 1. The second-order valence-electron chi connectivity index (χ2n) is 8.87. The van der Waals surface area contributed by atoms with E-state index in [2.05, 4.69) is 22.1 Å². The molecule has 1 amide bonds. The van der Waals surface area contributed by atoms with Crippen molar-refractivity contribution in [3.05, 3.63) is 94.0 Å². The predicted molar refractivity (Wildman–Crippen MR) is 137 cm³/mol. The van der Waals surface area contributed by atoms with Crippen molar-refractivity contribution in [3.63, 3.8) is 0 Å². The van der Waals surface area contributed by atoms with E-state index in [-0.39, 0.29) is 18.1 Å². The van der Waals surface area contributed by atoms with Gasteiger partial charge >= 0.3 is 0 Å². The molecule has 0 unspecified atom stereocenters. The first kappa shape index (κ1) is 23.2. The van der Waals surface area contributed by atoms with Crippen molar-refractivity contribution in [1.29, 1.82) is 0 Å². The van der Waals surface area contributed by atoms with Gasteiger partial charge in [-0.25, -0.2) is 14.1 Å². The number of thiazole rings is 1. The average molecular weight is 490 g/mol. The summed E-state index contributed by atoms with van der Waals surface area (Å²) in [6.45, 7) is 7.06. The monoisotopic (exact) mass is 489 g/mol. The molecular formula is C27H28FN5OS. The maximum atomic E-state index is 13.6. The van der Waals surface area contributed by atoms with Crippen LogP contribution in [-0.4, -0.2) is 51.8 Å². The van der Waals surface area contributed by atoms with Crippen molar-refractivity contribution >= 4 is 22.9 Å². The third-order valence-electron chi connectivity index (χ3n) is 6.52. The molecule has 4 aromatic rings. The van der Waals surface area contributed by atoms with Crippen LogP contribution in [0, 0.1) is 19.7 Å². The van der Waals surface area contributed by atoms with Crippen molar-refractivity contribution in [2.45, 2.75) is 26.7 Å². The van der Waals surface area contributed by atoms with E-state index in [1.165, 1.54) is 23.1 Å². The smallest absolute Gasteiger partial charge is 0.228 e. The molecule has 1 fully saturated rings. The Morgan fingerprint density at radius 2 is 1.80 bits per heavy atom. The fraction of sp³-hybridized carbons (Fsp3) is 0.296. The zero-order chi connectivity index (χ0) is 24.4. The quantitative estimate of drug-likeness (QED) is 0.398. The molecule has 0 N–H and O–H groups in total. The van der Waals surface area contributed by atoms with Gasteiger partial charge in [0.25, 0.3) is 0 Å². The van der Waals surface area contributed by atoms with Gasteiger partial charge in [-0.3, -0.25) is 4.79 Å². The van der Waals surface area contributed by atoms with Crippen molar-refractivity contribution in [2.24, 2.45) is 0 Å². The SMILES string of the molecule is Cc1nn(-c2nc(CC(=O)N3CCN(c4ccccc4)CC3)cs2)c(C)c1Cc1cccc(F)c1. The van der Waals surface area contributed by atoms with Gasteiger partial charge in [0.05, 0.1) is 17.8 Å². The molecular weight excluding hydrogens is 461 g/mol. The minimum absolute atomic E-state index is 0.106. The van der Waals surface area contributed by atoms with Crippen LogP contribution in [0.25, 0.3) is 5.13 Å². The Labute approximate surface area is 208 Å². The van der Waals surface area contributed by atoms with E-state index < -0.39 is 0 Å². The van der Waals surface area contributed by atoms with Crippen LogP contribution in [0.4, 0.5) is 10.1 Å². The molecule has 180 valence electrons. The normalized spacial score (nSPS) is 13.9. The standard InChI is InChI=1S/C27H28FN5OS/c1-19-25(16-21-7-6-8-22(28)15-21)20(2)33(30-19)27-29-23(18-35-27)17-26(34)32-13-11-31(12-14-32)24-9-4-3-5-10-24/h3-10,15,18H,11-14,16-17H2,1-2H3. The maximum absolute atomic E-state index is 13.6. The Hall–Kier alpha value is -3.52. The molecule has 0 bridgehead atoms. The van der Waals surface area contributed by atoms with E-state index in [9.17, 15) is 9.18 Å². The zero-order valence-electron chi connectivity index (χ0n) is 19.9. The Morgan fingerprint density at radius 1 is 1.03 bits per heavy atom. The lowest BCUT2D eigenvalue weighted by Gasteiger charge is -2.36. The van der Waals surface area contributed by atoms with Crippen molar-refractivity contribution < 1.29 is 9.18 Å². The number of piperazine rings is 1. The molecule has 5 rings (SSSR count). The number of para-hydroxylation sites is 1. The van der Waals surface area contributed by atoms with E-state index in [4.69, 9.17) is 4.98 Å². The van der Waals surface area contributed by atoms with Gasteiger partial charge in [-0.1, -0.05) is 30.3 Å². The number of carbonyl (C=O) groups is 1. The Balaban J connectivity index is 1.23. The largest absolute Gasteiger partial charge is 0.368 e. The highest BCUT2D eigenvalue weighted by atomic mass is 32.1. The first-order valence-electron chi connectivity index (χ1n) is 11.8. The minimum atomic E-state index is -0.235. The first-order chi connectivity index (χ1) is 17.0. The molecule has 6 nitrogen and oxygen atoms in total. The van der Waals surface area contributed by atoms with E-state index >= 15 is 0 Å². The highest BCUT2D eigenvalue weighted by Gasteiger charge is 2.23. The second-order valence-corrected chi connectivity index (χ2v) is 9.71. The van der Waals surface area contributed by atoms with Gasteiger partial charge in [0.2, 0.25) is 11.0 Å². The van der Waals surface area contributed by atoms with Gasteiger partial charge in [0.1, 0.15) is 5.82 Å². The molecule has 0 spiro atoms. The van der Waals surface area contributed by atoms with Crippen molar-refractivity contribution in [1.82, 2.24) is 19.7 Å². The number of rotatable bonds is 6. The van der Waals surface area contributed by atoms with Gasteiger partial charge in [-0.15, -0.1) is 11.3 Å².